The van der Waals surface area contributed by atoms with E-state index in [1.165, 1.54) is 11.1 Å². The van der Waals surface area contributed by atoms with Crippen LogP contribution in [-0.2, 0) is 10.5 Å². The Morgan fingerprint density at radius 2 is 1.85 bits per heavy atom. The van der Waals surface area contributed by atoms with Gasteiger partial charge in [-0.25, -0.2) is 0 Å². The van der Waals surface area contributed by atoms with Crippen molar-refractivity contribution in [3.8, 4) is 0 Å². The topological polar surface area (TPSA) is 29.1 Å². The molecule has 0 heterocycles. The van der Waals surface area contributed by atoms with E-state index in [0.29, 0.717) is 5.75 Å². The van der Waals surface area contributed by atoms with Gasteiger partial charge >= 0.3 is 0 Å². The van der Waals surface area contributed by atoms with Gasteiger partial charge in [-0.3, -0.25) is 4.79 Å². The van der Waals surface area contributed by atoms with E-state index < -0.39 is 0 Å². The first kappa shape index (κ1) is 17.4. The Balaban J connectivity index is 2.07. The van der Waals surface area contributed by atoms with Gasteiger partial charge in [0.1, 0.15) is 0 Å². The minimum absolute atomic E-state index is 0.140. The first-order valence-electron chi connectivity index (χ1n) is 6.91. The maximum Gasteiger partial charge on any atom is 0.230 e. The Morgan fingerprint density at radius 3 is 2.45 bits per heavy atom. The molecule has 0 aliphatic rings. The molecule has 0 aliphatic heterocycles. The van der Waals surface area contributed by atoms with Gasteiger partial charge in [-0.15, -0.1) is 11.8 Å². The Hall–Kier alpha value is -0.610. The smallest absolute Gasteiger partial charge is 0.230 e. The van der Waals surface area contributed by atoms with E-state index in [1.54, 1.807) is 11.8 Å². The van der Waals surface area contributed by atoms with Crippen molar-refractivity contribution < 1.29 is 4.79 Å². The zero-order chi connectivity index (χ0) is 15.0. The summed E-state index contributed by atoms with van der Waals surface area (Å²) in [6, 6.07) is 8.62. The van der Waals surface area contributed by atoms with Crippen molar-refractivity contribution >= 4 is 29.4 Å². The molecule has 0 fully saturated rings. The molecule has 0 aliphatic carbocycles. The average Bonchev–Trinajstić information content (AvgIpc) is 2.37. The molecule has 1 N–H and O–H groups in total. The highest BCUT2D eigenvalue weighted by Crippen LogP contribution is 2.22. The number of amides is 1. The highest BCUT2D eigenvalue weighted by molar-refractivity contribution is 8.01. The molecule has 0 aromatic heterocycles. The standard InChI is InChI=1S/C16H25NOS2/c1-13-5-7-14(8-6-13)11-19-10-9-17-15(18)12-20-16(2,3)4/h5-8H,9-12H2,1-4H3,(H,17,18). The monoisotopic (exact) mass is 311 g/mol. The van der Waals surface area contributed by atoms with Crippen LogP contribution < -0.4 is 5.32 Å². The fraction of sp³-hybridized carbons (Fsp3) is 0.562. The molecule has 0 saturated carbocycles. The van der Waals surface area contributed by atoms with Crippen LogP contribution in [0.5, 0.6) is 0 Å². The number of nitrogens with one attached hydrogen (secondary N) is 1. The summed E-state index contributed by atoms with van der Waals surface area (Å²) in [6.45, 7) is 9.23. The largest absolute Gasteiger partial charge is 0.355 e. The molecule has 0 saturated heterocycles. The third kappa shape index (κ3) is 8.54. The van der Waals surface area contributed by atoms with Crippen LogP contribution in [0, 0.1) is 6.92 Å². The van der Waals surface area contributed by atoms with Crippen LogP contribution in [0.3, 0.4) is 0 Å². The molecule has 1 rings (SSSR count). The zero-order valence-corrected chi connectivity index (χ0v) is 14.5. The van der Waals surface area contributed by atoms with Crippen molar-refractivity contribution in [2.75, 3.05) is 18.1 Å². The highest BCUT2D eigenvalue weighted by Gasteiger charge is 2.12. The molecule has 1 aromatic carbocycles. The number of carbonyl (C=O) groups excluding carboxylic acids is 1. The lowest BCUT2D eigenvalue weighted by molar-refractivity contribution is -0.118. The summed E-state index contributed by atoms with van der Waals surface area (Å²) in [5.41, 5.74) is 2.64. The second-order valence-electron chi connectivity index (χ2n) is 5.79. The molecule has 0 atom stereocenters. The predicted octanol–water partition coefficient (Wildman–Crippen LogP) is 3.88. The van der Waals surface area contributed by atoms with Gasteiger partial charge < -0.3 is 5.32 Å². The number of benzene rings is 1. The van der Waals surface area contributed by atoms with E-state index in [-0.39, 0.29) is 10.7 Å². The van der Waals surface area contributed by atoms with Crippen molar-refractivity contribution in [1.82, 2.24) is 5.32 Å². The number of rotatable bonds is 7. The van der Waals surface area contributed by atoms with Gasteiger partial charge in [0.05, 0.1) is 5.75 Å². The van der Waals surface area contributed by atoms with Crippen molar-refractivity contribution in [3.63, 3.8) is 0 Å². The quantitative estimate of drug-likeness (QED) is 0.775. The summed E-state index contributed by atoms with van der Waals surface area (Å²) in [5, 5.41) is 2.97. The van der Waals surface area contributed by atoms with E-state index in [9.17, 15) is 4.79 Å². The van der Waals surface area contributed by atoms with Crippen LogP contribution in [0.15, 0.2) is 24.3 Å². The van der Waals surface area contributed by atoms with Crippen molar-refractivity contribution in [1.29, 1.82) is 0 Å². The highest BCUT2D eigenvalue weighted by atomic mass is 32.2. The van der Waals surface area contributed by atoms with Crippen LogP contribution in [0.2, 0.25) is 0 Å². The number of thioether (sulfide) groups is 2. The third-order valence-electron chi connectivity index (χ3n) is 2.59. The summed E-state index contributed by atoms with van der Waals surface area (Å²) in [6.07, 6.45) is 0. The Bertz CT molecular complexity index is 409. The molecule has 0 spiro atoms. The molecule has 0 radical (unpaired) electrons. The molecule has 2 nitrogen and oxygen atoms in total. The lowest BCUT2D eigenvalue weighted by Gasteiger charge is -2.16. The minimum Gasteiger partial charge on any atom is -0.355 e. The van der Waals surface area contributed by atoms with Crippen LogP contribution in [-0.4, -0.2) is 28.7 Å². The van der Waals surface area contributed by atoms with Crippen LogP contribution >= 0.6 is 23.5 Å². The van der Waals surface area contributed by atoms with Gasteiger partial charge in [0.25, 0.3) is 0 Å². The van der Waals surface area contributed by atoms with Gasteiger partial charge in [0.15, 0.2) is 0 Å². The number of hydrogen-bond donors (Lipinski definition) is 1. The maximum atomic E-state index is 11.6. The molecule has 0 bridgehead atoms. The SMILES string of the molecule is Cc1ccc(CSCCNC(=O)CSC(C)(C)C)cc1. The first-order chi connectivity index (χ1) is 9.37. The Morgan fingerprint density at radius 1 is 1.20 bits per heavy atom. The van der Waals surface area contributed by atoms with Gasteiger partial charge in [-0.2, -0.15) is 11.8 Å². The average molecular weight is 312 g/mol. The first-order valence-corrected chi connectivity index (χ1v) is 9.05. The summed E-state index contributed by atoms with van der Waals surface area (Å²) in [5.74, 6) is 2.65. The molecule has 1 amide bonds. The van der Waals surface area contributed by atoms with Crippen LogP contribution in [0.4, 0.5) is 0 Å². The summed E-state index contributed by atoms with van der Waals surface area (Å²) in [4.78, 5) is 11.6. The molecule has 0 unspecified atom stereocenters. The number of hydrogen-bond acceptors (Lipinski definition) is 3. The molecular formula is C16H25NOS2. The molecule has 1 aromatic rings. The molecule has 112 valence electrons. The van der Waals surface area contributed by atoms with Crippen molar-refractivity contribution in [3.05, 3.63) is 35.4 Å². The van der Waals surface area contributed by atoms with Gasteiger partial charge in [0.2, 0.25) is 5.91 Å². The minimum atomic E-state index is 0.140. The fourth-order valence-corrected chi connectivity index (χ4v) is 2.96. The van der Waals surface area contributed by atoms with Gasteiger partial charge in [-0.05, 0) is 12.5 Å². The van der Waals surface area contributed by atoms with E-state index in [1.807, 2.05) is 11.8 Å². The van der Waals surface area contributed by atoms with Gasteiger partial charge in [-0.1, -0.05) is 50.6 Å². The Kier molecular flexibility index (Phi) is 7.52. The summed E-state index contributed by atoms with van der Waals surface area (Å²) in [7, 11) is 0. The second-order valence-corrected chi connectivity index (χ2v) is 8.70. The Labute approximate surface area is 131 Å². The summed E-state index contributed by atoms with van der Waals surface area (Å²) >= 11 is 3.54. The number of aryl methyl sites for hydroxylation is 1. The van der Waals surface area contributed by atoms with E-state index in [2.05, 4.69) is 57.3 Å². The van der Waals surface area contributed by atoms with Crippen LogP contribution in [0.25, 0.3) is 0 Å². The molecule has 20 heavy (non-hydrogen) atoms. The predicted molar refractivity (Wildman–Crippen MR) is 92.6 cm³/mol. The van der Waals surface area contributed by atoms with Gasteiger partial charge in [0, 0.05) is 22.8 Å². The lowest BCUT2D eigenvalue weighted by Crippen LogP contribution is -2.28. The van der Waals surface area contributed by atoms with E-state index >= 15 is 0 Å². The van der Waals surface area contributed by atoms with Crippen LogP contribution in [0.1, 0.15) is 31.9 Å². The lowest BCUT2D eigenvalue weighted by atomic mass is 10.2. The molecule has 4 heteroatoms. The van der Waals surface area contributed by atoms with Crippen molar-refractivity contribution in [2.45, 2.75) is 38.2 Å². The molecular weight excluding hydrogens is 286 g/mol. The zero-order valence-electron chi connectivity index (χ0n) is 12.9. The number of carbonyl (C=O) groups is 1. The maximum absolute atomic E-state index is 11.6. The van der Waals surface area contributed by atoms with E-state index in [0.717, 1.165) is 18.1 Å². The van der Waals surface area contributed by atoms with Crippen molar-refractivity contribution in [2.24, 2.45) is 0 Å². The normalized spacial score (nSPS) is 11.4. The summed E-state index contributed by atoms with van der Waals surface area (Å²) < 4.78 is 0.150. The second kappa shape index (κ2) is 8.63. The fourth-order valence-electron chi connectivity index (χ4n) is 1.47. The van der Waals surface area contributed by atoms with E-state index in [4.69, 9.17) is 0 Å². The third-order valence-corrected chi connectivity index (χ3v) is 4.90.